The summed E-state index contributed by atoms with van der Waals surface area (Å²) < 4.78 is 12.2. The zero-order valence-electron chi connectivity index (χ0n) is 16.2. The number of carboxylic acids is 1. The topological polar surface area (TPSA) is 67.8 Å². The number of methoxy groups -OCH3 is 1. The van der Waals surface area contributed by atoms with Gasteiger partial charge < -0.3 is 19.9 Å². The van der Waals surface area contributed by atoms with Gasteiger partial charge >= 0.3 is 5.97 Å². The third-order valence-electron chi connectivity index (χ3n) is 4.16. The number of halogens is 2. The van der Waals surface area contributed by atoms with E-state index in [0.29, 0.717) is 36.1 Å². The highest BCUT2D eigenvalue weighted by Crippen LogP contribution is 2.34. The summed E-state index contributed by atoms with van der Waals surface area (Å²) in [6.45, 7) is 4.76. The standard InChI is InChI=1S/C21H25BrClNO4/c1-13(2)7-18(21(25)26)24-11-15-9-19(27-3)20(10-17(15)22)28-12-14-5-4-6-16(23)8-14/h4-6,8-10,13,18,24H,7,11-12H2,1-3H3,(H,25,26). The van der Waals surface area contributed by atoms with Crippen molar-refractivity contribution in [2.45, 2.75) is 39.5 Å². The highest BCUT2D eigenvalue weighted by Gasteiger charge is 2.19. The molecule has 0 radical (unpaired) electrons. The molecule has 7 heteroatoms. The zero-order chi connectivity index (χ0) is 20.7. The Hall–Kier alpha value is -1.76. The van der Waals surface area contributed by atoms with Crippen LogP contribution in [0.2, 0.25) is 5.02 Å². The molecular formula is C21H25BrClNO4. The van der Waals surface area contributed by atoms with Crippen molar-refractivity contribution in [3.8, 4) is 11.5 Å². The maximum absolute atomic E-state index is 11.4. The molecular weight excluding hydrogens is 446 g/mol. The van der Waals surface area contributed by atoms with Crippen LogP contribution in [0.25, 0.3) is 0 Å². The fourth-order valence-electron chi connectivity index (χ4n) is 2.75. The molecule has 2 aromatic rings. The van der Waals surface area contributed by atoms with Crippen molar-refractivity contribution in [3.63, 3.8) is 0 Å². The van der Waals surface area contributed by atoms with Gasteiger partial charge in [-0.15, -0.1) is 0 Å². The van der Waals surface area contributed by atoms with E-state index in [1.807, 2.05) is 50.2 Å². The van der Waals surface area contributed by atoms with Gasteiger partial charge in [0.2, 0.25) is 0 Å². The Labute approximate surface area is 179 Å². The number of nitrogens with one attached hydrogen (secondary N) is 1. The lowest BCUT2D eigenvalue weighted by Crippen LogP contribution is -2.37. The highest BCUT2D eigenvalue weighted by molar-refractivity contribution is 9.10. The van der Waals surface area contributed by atoms with Gasteiger partial charge in [-0.1, -0.05) is 53.5 Å². The van der Waals surface area contributed by atoms with Crippen LogP contribution >= 0.6 is 27.5 Å². The third kappa shape index (κ3) is 6.69. The molecule has 0 aliphatic carbocycles. The maximum atomic E-state index is 11.4. The van der Waals surface area contributed by atoms with Crippen molar-refractivity contribution < 1.29 is 19.4 Å². The molecule has 0 fully saturated rings. The number of hydrogen-bond acceptors (Lipinski definition) is 4. The Morgan fingerprint density at radius 1 is 1.25 bits per heavy atom. The molecule has 5 nitrogen and oxygen atoms in total. The minimum atomic E-state index is -0.849. The minimum absolute atomic E-state index is 0.286. The molecule has 2 rings (SSSR count). The number of aliphatic carboxylic acids is 1. The quantitative estimate of drug-likeness (QED) is 0.494. The summed E-state index contributed by atoms with van der Waals surface area (Å²) in [5.74, 6) is 0.611. The Kier molecular flexibility index (Phi) is 8.60. The average molecular weight is 471 g/mol. The molecule has 2 aromatic carbocycles. The molecule has 0 bridgehead atoms. The maximum Gasteiger partial charge on any atom is 0.320 e. The highest BCUT2D eigenvalue weighted by atomic mass is 79.9. The molecule has 0 heterocycles. The molecule has 28 heavy (non-hydrogen) atoms. The van der Waals surface area contributed by atoms with Gasteiger partial charge in [-0.25, -0.2) is 0 Å². The largest absolute Gasteiger partial charge is 0.493 e. The van der Waals surface area contributed by atoms with Crippen molar-refractivity contribution in [3.05, 3.63) is 57.0 Å². The van der Waals surface area contributed by atoms with Crippen LogP contribution in [0.3, 0.4) is 0 Å². The van der Waals surface area contributed by atoms with E-state index in [1.54, 1.807) is 7.11 Å². The number of rotatable bonds is 10. The van der Waals surface area contributed by atoms with Crippen LogP contribution in [0.1, 0.15) is 31.4 Å². The van der Waals surface area contributed by atoms with Crippen LogP contribution in [0, 0.1) is 5.92 Å². The van der Waals surface area contributed by atoms with E-state index in [0.717, 1.165) is 15.6 Å². The van der Waals surface area contributed by atoms with E-state index in [1.165, 1.54) is 0 Å². The van der Waals surface area contributed by atoms with E-state index in [2.05, 4.69) is 21.2 Å². The lowest BCUT2D eigenvalue weighted by atomic mass is 10.0. The summed E-state index contributed by atoms with van der Waals surface area (Å²) in [6.07, 6.45) is 0.560. The molecule has 0 amide bonds. The zero-order valence-corrected chi connectivity index (χ0v) is 18.5. The Morgan fingerprint density at radius 2 is 2.00 bits per heavy atom. The Morgan fingerprint density at radius 3 is 2.61 bits per heavy atom. The van der Waals surface area contributed by atoms with Gasteiger partial charge in [0, 0.05) is 16.0 Å². The van der Waals surface area contributed by atoms with Gasteiger partial charge in [-0.05, 0) is 47.7 Å². The van der Waals surface area contributed by atoms with Gasteiger partial charge in [0.1, 0.15) is 12.6 Å². The van der Waals surface area contributed by atoms with E-state index >= 15 is 0 Å². The number of carbonyl (C=O) groups is 1. The van der Waals surface area contributed by atoms with Crippen molar-refractivity contribution in [1.82, 2.24) is 5.32 Å². The van der Waals surface area contributed by atoms with Crippen LogP contribution < -0.4 is 14.8 Å². The van der Waals surface area contributed by atoms with Gasteiger partial charge in [0.25, 0.3) is 0 Å². The second-order valence-corrected chi connectivity index (χ2v) is 8.21. The first-order chi connectivity index (χ1) is 13.3. The fraction of sp³-hybridized carbons (Fsp3) is 0.381. The van der Waals surface area contributed by atoms with Gasteiger partial charge in [-0.2, -0.15) is 0 Å². The molecule has 0 aliphatic heterocycles. The van der Waals surface area contributed by atoms with E-state index in [-0.39, 0.29) is 5.92 Å². The molecule has 1 atom stereocenters. The molecule has 1 unspecified atom stereocenters. The van der Waals surface area contributed by atoms with Crippen LogP contribution in [0.15, 0.2) is 40.9 Å². The normalized spacial score (nSPS) is 12.1. The van der Waals surface area contributed by atoms with E-state index in [4.69, 9.17) is 21.1 Å². The second-order valence-electron chi connectivity index (χ2n) is 6.91. The molecule has 0 aliphatic rings. The molecule has 0 spiro atoms. The Balaban J connectivity index is 2.10. The van der Waals surface area contributed by atoms with Crippen LogP contribution in [-0.4, -0.2) is 24.2 Å². The van der Waals surface area contributed by atoms with Crippen LogP contribution in [-0.2, 0) is 17.9 Å². The van der Waals surface area contributed by atoms with Gasteiger partial charge in [0.05, 0.1) is 7.11 Å². The van der Waals surface area contributed by atoms with Gasteiger partial charge in [-0.3, -0.25) is 4.79 Å². The molecule has 0 saturated heterocycles. The third-order valence-corrected chi connectivity index (χ3v) is 5.13. The summed E-state index contributed by atoms with van der Waals surface area (Å²) in [5, 5.41) is 13.1. The number of ether oxygens (including phenoxy) is 2. The van der Waals surface area contributed by atoms with E-state index in [9.17, 15) is 9.90 Å². The van der Waals surface area contributed by atoms with Crippen molar-refractivity contribution in [2.24, 2.45) is 5.92 Å². The first kappa shape index (κ1) is 22.5. The average Bonchev–Trinajstić information content (AvgIpc) is 2.64. The number of benzene rings is 2. The smallest absolute Gasteiger partial charge is 0.320 e. The van der Waals surface area contributed by atoms with Crippen molar-refractivity contribution in [1.29, 1.82) is 0 Å². The fourth-order valence-corrected chi connectivity index (χ4v) is 3.42. The van der Waals surface area contributed by atoms with E-state index < -0.39 is 12.0 Å². The summed E-state index contributed by atoms with van der Waals surface area (Å²) in [5.41, 5.74) is 1.84. The molecule has 0 aromatic heterocycles. The number of carboxylic acid groups (broad SMARTS) is 1. The molecule has 2 N–H and O–H groups in total. The summed E-state index contributed by atoms with van der Waals surface area (Å²) in [7, 11) is 1.57. The molecule has 152 valence electrons. The van der Waals surface area contributed by atoms with Crippen molar-refractivity contribution in [2.75, 3.05) is 7.11 Å². The van der Waals surface area contributed by atoms with Crippen LogP contribution in [0.4, 0.5) is 0 Å². The first-order valence-electron chi connectivity index (χ1n) is 9.00. The minimum Gasteiger partial charge on any atom is -0.493 e. The van der Waals surface area contributed by atoms with Crippen LogP contribution in [0.5, 0.6) is 11.5 Å². The van der Waals surface area contributed by atoms with Crippen molar-refractivity contribution >= 4 is 33.5 Å². The number of hydrogen-bond donors (Lipinski definition) is 2. The summed E-state index contributed by atoms with van der Waals surface area (Å²) >= 11 is 9.55. The second kappa shape index (κ2) is 10.7. The molecule has 0 saturated carbocycles. The predicted molar refractivity (Wildman–Crippen MR) is 114 cm³/mol. The monoisotopic (exact) mass is 469 g/mol. The Bertz CT molecular complexity index is 813. The lowest BCUT2D eigenvalue weighted by molar-refractivity contribution is -0.140. The predicted octanol–water partition coefficient (Wildman–Crippen LogP) is 5.28. The first-order valence-corrected chi connectivity index (χ1v) is 10.2. The SMILES string of the molecule is COc1cc(CNC(CC(C)C)C(=O)O)c(Br)cc1OCc1cccc(Cl)c1. The summed E-state index contributed by atoms with van der Waals surface area (Å²) in [6, 6.07) is 10.6. The summed E-state index contributed by atoms with van der Waals surface area (Å²) in [4.78, 5) is 11.4. The van der Waals surface area contributed by atoms with Gasteiger partial charge in [0.15, 0.2) is 11.5 Å². The lowest BCUT2D eigenvalue weighted by Gasteiger charge is -2.18.